The second kappa shape index (κ2) is 8.78. The maximum atomic E-state index is 12.8. The Morgan fingerprint density at radius 1 is 1.03 bits per heavy atom. The summed E-state index contributed by atoms with van der Waals surface area (Å²) in [6, 6.07) is 17.5. The fourth-order valence-electron chi connectivity index (χ4n) is 5.41. The summed E-state index contributed by atoms with van der Waals surface area (Å²) in [5.74, 6) is 0.525. The number of hydrogen-bond donors (Lipinski definition) is 3. The van der Waals surface area contributed by atoms with E-state index in [9.17, 15) is 4.79 Å². The summed E-state index contributed by atoms with van der Waals surface area (Å²) in [4.78, 5) is 15.2. The molecule has 3 atom stereocenters. The van der Waals surface area contributed by atoms with Crippen LogP contribution in [0.5, 0.6) is 0 Å². The van der Waals surface area contributed by atoms with Gasteiger partial charge in [-0.15, -0.1) is 0 Å². The molecule has 0 aliphatic carbocycles. The van der Waals surface area contributed by atoms with Crippen LogP contribution in [0.4, 0.5) is 5.69 Å². The molecule has 158 valence electrons. The lowest BCUT2D eigenvalue weighted by Gasteiger charge is -2.44. The first-order chi connectivity index (χ1) is 14.8. The van der Waals surface area contributed by atoms with Crippen molar-refractivity contribution < 1.29 is 4.79 Å². The molecule has 5 heteroatoms. The Balaban J connectivity index is 1.33. The minimum absolute atomic E-state index is 0.0366. The van der Waals surface area contributed by atoms with Crippen LogP contribution in [0.15, 0.2) is 48.5 Å². The Hall–Kier alpha value is -2.37. The number of hydrogen-bond acceptors (Lipinski definition) is 4. The van der Waals surface area contributed by atoms with Gasteiger partial charge in [-0.1, -0.05) is 30.3 Å². The molecule has 0 aromatic heterocycles. The molecule has 5 rings (SSSR count). The van der Waals surface area contributed by atoms with Gasteiger partial charge in [0.05, 0.1) is 6.04 Å². The lowest BCUT2D eigenvalue weighted by molar-refractivity contribution is 0.0949. The van der Waals surface area contributed by atoms with E-state index in [1.807, 2.05) is 6.07 Å². The number of carbonyl (C=O) groups is 1. The summed E-state index contributed by atoms with van der Waals surface area (Å²) in [6.07, 6.45) is 4.95. The normalized spacial score (nSPS) is 25.8. The Morgan fingerprint density at radius 3 is 2.70 bits per heavy atom. The lowest BCUT2D eigenvalue weighted by Crippen LogP contribution is -2.42. The van der Waals surface area contributed by atoms with Gasteiger partial charge >= 0.3 is 0 Å². The van der Waals surface area contributed by atoms with E-state index >= 15 is 0 Å². The zero-order valence-corrected chi connectivity index (χ0v) is 17.6. The van der Waals surface area contributed by atoms with Crippen molar-refractivity contribution in [2.24, 2.45) is 5.92 Å². The van der Waals surface area contributed by atoms with Crippen LogP contribution >= 0.6 is 0 Å². The number of piperidine rings is 1. The average molecular weight is 405 g/mol. The zero-order valence-electron chi connectivity index (χ0n) is 17.6. The summed E-state index contributed by atoms with van der Waals surface area (Å²) < 4.78 is 0. The van der Waals surface area contributed by atoms with E-state index in [-0.39, 0.29) is 11.9 Å². The van der Waals surface area contributed by atoms with E-state index < -0.39 is 0 Å². The molecule has 3 heterocycles. The maximum absolute atomic E-state index is 12.8. The standard InChI is InChI=1S/C25H32N4O/c30-25(27-13-16-29-14-4-5-15-29)19-10-11-22-21(17-19)24-20(9-6-12-26-24)23(28-22)18-7-2-1-3-8-18/h1-3,7-8,10-11,17,20,23-24,26,28H,4-6,9,12-16H2,(H,27,30). The smallest absolute Gasteiger partial charge is 0.251 e. The van der Waals surface area contributed by atoms with Crippen LogP contribution in [0.3, 0.4) is 0 Å². The van der Waals surface area contributed by atoms with Gasteiger partial charge in [0.2, 0.25) is 0 Å². The molecule has 2 aromatic rings. The highest BCUT2D eigenvalue weighted by atomic mass is 16.1. The molecule has 0 saturated carbocycles. The Labute approximate surface area is 179 Å². The van der Waals surface area contributed by atoms with Crippen molar-refractivity contribution in [2.45, 2.75) is 37.8 Å². The molecule has 2 saturated heterocycles. The summed E-state index contributed by atoms with van der Waals surface area (Å²) in [7, 11) is 0. The molecule has 30 heavy (non-hydrogen) atoms. The minimum Gasteiger partial charge on any atom is -0.378 e. The summed E-state index contributed by atoms with van der Waals surface area (Å²) in [5.41, 5.74) is 4.49. The Morgan fingerprint density at radius 2 is 1.87 bits per heavy atom. The Bertz CT molecular complexity index is 878. The molecule has 3 aliphatic rings. The highest BCUT2D eigenvalue weighted by Gasteiger charge is 2.38. The third-order valence-electron chi connectivity index (χ3n) is 6.97. The Kier molecular flexibility index (Phi) is 5.73. The van der Waals surface area contributed by atoms with Crippen molar-refractivity contribution in [2.75, 3.05) is 38.0 Å². The van der Waals surface area contributed by atoms with Crippen molar-refractivity contribution >= 4 is 11.6 Å². The predicted molar refractivity (Wildman–Crippen MR) is 121 cm³/mol. The molecule has 3 N–H and O–H groups in total. The summed E-state index contributed by atoms with van der Waals surface area (Å²) in [5, 5.41) is 10.6. The molecule has 1 amide bonds. The van der Waals surface area contributed by atoms with E-state index in [4.69, 9.17) is 0 Å². The second-order valence-electron chi connectivity index (χ2n) is 8.88. The first kappa shape index (κ1) is 19.6. The van der Waals surface area contributed by atoms with Crippen LogP contribution in [0.25, 0.3) is 0 Å². The molecular weight excluding hydrogens is 372 g/mol. The molecule has 3 unspecified atom stereocenters. The van der Waals surface area contributed by atoms with Gasteiger partial charge in [-0.3, -0.25) is 4.79 Å². The van der Waals surface area contributed by atoms with Crippen molar-refractivity contribution in [3.63, 3.8) is 0 Å². The number of amides is 1. The number of nitrogens with one attached hydrogen (secondary N) is 3. The number of nitrogens with zero attached hydrogens (tertiary/aromatic N) is 1. The van der Waals surface area contributed by atoms with Crippen LogP contribution in [0.2, 0.25) is 0 Å². The SMILES string of the molecule is O=C(NCCN1CCCC1)c1ccc2c(c1)C1NCCCC1C(c1ccccc1)N2. The zero-order chi connectivity index (χ0) is 20.3. The van der Waals surface area contributed by atoms with E-state index in [2.05, 4.69) is 63.3 Å². The van der Waals surface area contributed by atoms with Gasteiger partial charge in [0, 0.05) is 36.3 Å². The van der Waals surface area contributed by atoms with E-state index in [1.54, 1.807) is 0 Å². The third-order valence-corrected chi connectivity index (χ3v) is 6.97. The second-order valence-corrected chi connectivity index (χ2v) is 8.88. The van der Waals surface area contributed by atoms with Gasteiger partial charge in [-0.25, -0.2) is 0 Å². The first-order valence-corrected chi connectivity index (χ1v) is 11.5. The van der Waals surface area contributed by atoms with Crippen LogP contribution in [0.1, 0.15) is 59.3 Å². The van der Waals surface area contributed by atoms with Crippen molar-refractivity contribution in [3.8, 4) is 0 Å². The third kappa shape index (κ3) is 3.96. The van der Waals surface area contributed by atoms with Crippen molar-refractivity contribution in [1.29, 1.82) is 0 Å². The number of carbonyl (C=O) groups excluding carboxylic acids is 1. The molecular formula is C25H32N4O. The summed E-state index contributed by atoms with van der Waals surface area (Å²) >= 11 is 0. The number of likely N-dealkylation sites (tertiary alicyclic amines) is 1. The molecule has 3 aliphatic heterocycles. The van der Waals surface area contributed by atoms with Gasteiger partial charge in [-0.05, 0) is 74.6 Å². The number of anilines is 1. The van der Waals surface area contributed by atoms with Gasteiger partial charge in [0.1, 0.15) is 0 Å². The topological polar surface area (TPSA) is 56.4 Å². The molecule has 0 bridgehead atoms. The fourth-order valence-corrected chi connectivity index (χ4v) is 5.41. The molecule has 5 nitrogen and oxygen atoms in total. The molecule has 2 aromatic carbocycles. The van der Waals surface area contributed by atoms with Crippen LogP contribution < -0.4 is 16.0 Å². The number of fused-ring (bicyclic) bond motifs is 3. The molecule has 2 fully saturated rings. The number of rotatable bonds is 5. The minimum atomic E-state index is 0.0366. The predicted octanol–water partition coefficient (Wildman–Crippen LogP) is 3.72. The lowest BCUT2D eigenvalue weighted by atomic mass is 9.75. The first-order valence-electron chi connectivity index (χ1n) is 11.5. The van der Waals surface area contributed by atoms with Crippen molar-refractivity contribution in [3.05, 3.63) is 65.2 Å². The number of benzene rings is 2. The van der Waals surface area contributed by atoms with E-state index in [0.29, 0.717) is 18.5 Å². The van der Waals surface area contributed by atoms with Crippen LogP contribution in [-0.2, 0) is 0 Å². The largest absolute Gasteiger partial charge is 0.378 e. The average Bonchev–Trinajstić information content (AvgIpc) is 3.32. The van der Waals surface area contributed by atoms with Gasteiger partial charge in [-0.2, -0.15) is 0 Å². The quantitative estimate of drug-likeness (QED) is 0.711. The van der Waals surface area contributed by atoms with Crippen LogP contribution in [0, 0.1) is 5.92 Å². The van der Waals surface area contributed by atoms with Gasteiger partial charge < -0.3 is 20.9 Å². The maximum Gasteiger partial charge on any atom is 0.251 e. The fraction of sp³-hybridized carbons (Fsp3) is 0.480. The van der Waals surface area contributed by atoms with Crippen molar-refractivity contribution in [1.82, 2.24) is 15.5 Å². The summed E-state index contributed by atoms with van der Waals surface area (Å²) in [6.45, 7) is 5.03. The molecule has 0 radical (unpaired) electrons. The highest BCUT2D eigenvalue weighted by molar-refractivity contribution is 5.95. The highest BCUT2D eigenvalue weighted by Crippen LogP contribution is 2.46. The monoisotopic (exact) mass is 404 g/mol. The van der Waals surface area contributed by atoms with Gasteiger partial charge in [0.15, 0.2) is 0 Å². The van der Waals surface area contributed by atoms with Gasteiger partial charge in [0.25, 0.3) is 5.91 Å². The molecule has 0 spiro atoms. The van der Waals surface area contributed by atoms with Crippen LogP contribution in [-0.4, -0.2) is 43.5 Å². The van der Waals surface area contributed by atoms with E-state index in [0.717, 1.165) is 37.4 Å². The van der Waals surface area contributed by atoms with E-state index in [1.165, 1.54) is 36.8 Å².